The molecule has 174 valence electrons. The number of imidazole rings is 1. The summed E-state index contributed by atoms with van der Waals surface area (Å²) in [6.45, 7) is 9.15. The Labute approximate surface area is 190 Å². The van der Waals surface area contributed by atoms with Crippen LogP contribution >= 0.6 is 0 Å². The predicted molar refractivity (Wildman–Crippen MR) is 118 cm³/mol. The van der Waals surface area contributed by atoms with Gasteiger partial charge in [-0.05, 0) is 65.2 Å². The summed E-state index contributed by atoms with van der Waals surface area (Å²) in [6, 6.07) is 3.70. The van der Waals surface area contributed by atoms with Crippen molar-refractivity contribution >= 4 is 17.1 Å². The molecule has 2 aliphatic rings. The van der Waals surface area contributed by atoms with Crippen molar-refractivity contribution in [3.8, 4) is 11.1 Å². The smallest absolute Gasteiger partial charge is 0.420 e. The maximum absolute atomic E-state index is 13.3. The van der Waals surface area contributed by atoms with Gasteiger partial charge in [0.25, 0.3) is 6.29 Å². The summed E-state index contributed by atoms with van der Waals surface area (Å²) < 4.78 is 23.4. The highest BCUT2D eigenvalue weighted by molar-refractivity contribution is 5.93. The maximum atomic E-state index is 13.3. The number of aliphatic hydroxyl groups excluding tert-OH is 1. The molecule has 0 radical (unpaired) electrons. The van der Waals surface area contributed by atoms with E-state index in [9.17, 15) is 9.90 Å². The van der Waals surface area contributed by atoms with E-state index in [-0.39, 0.29) is 5.92 Å². The molecule has 9 heteroatoms. The number of hydrogen-bond donors (Lipinski definition) is 1. The van der Waals surface area contributed by atoms with Crippen molar-refractivity contribution < 1.29 is 28.6 Å². The van der Waals surface area contributed by atoms with Crippen molar-refractivity contribution in [2.45, 2.75) is 71.4 Å². The zero-order chi connectivity index (χ0) is 23.5. The van der Waals surface area contributed by atoms with Gasteiger partial charge in [-0.15, -0.1) is 0 Å². The number of aryl methyl sites for hydroxylation is 2. The Bertz CT molecular complexity index is 1230. The molecule has 0 spiro atoms. The van der Waals surface area contributed by atoms with Gasteiger partial charge in [-0.3, -0.25) is 0 Å². The Hall–Kier alpha value is -3.33. The van der Waals surface area contributed by atoms with Gasteiger partial charge in [-0.25, -0.2) is 14.3 Å². The van der Waals surface area contributed by atoms with Crippen molar-refractivity contribution in [2.75, 3.05) is 0 Å². The van der Waals surface area contributed by atoms with Gasteiger partial charge in [-0.2, -0.15) is 0 Å². The van der Waals surface area contributed by atoms with E-state index in [2.05, 4.69) is 5.16 Å². The van der Waals surface area contributed by atoms with Gasteiger partial charge in [0.15, 0.2) is 6.10 Å². The van der Waals surface area contributed by atoms with Crippen LogP contribution in [0.4, 0.5) is 4.79 Å². The van der Waals surface area contributed by atoms with Crippen molar-refractivity contribution in [2.24, 2.45) is 0 Å². The molecular formula is C24H27N3O6. The second-order valence-corrected chi connectivity index (χ2v) is 9.55. The number of nitrogens with zero attached hydrogens (tertiary/aromatic N) is 3. The molecule has 1 unspecified atom stereocenters. The van der Waals surface area contributed by atoms with E-state index in [0.717, 1.165) is 24.0 Å². The van der Waals surface area contributed by atoms with Crippen LogP contribution in [0.5, 0.6) is 0 Å². The molecule has 1 atom stereocenters. The summed E-state index contributed by atoms with van der Waals surface area (Å²) in [5, 5.41) is 15.2. The fourth-order valence-corrected chi connectivity index (χ4v) is 4.15. The van der Waals surface area contributed by atoms with Gasteiger partial charge in [0, 0.05) is 17.0 Å². The number of rotatable bonds is 4. The Balaban J connectivity index is 1.76. The summed E-state index contributed by atoms with van der Waals surface area (Å²) in [6.07, 6.45) is 2.11. The number of ether oxygens (including phenoxy) is 3. The summed E-state index contributed by atoms with van der Waals surface area (Å²) >= 11 is 0. The molecule has 5 rings (SSSR count). The number of fused-ring (bicyclic) bond motifs is 1. The third-order valence-electron chi connectivity index (χ3n) is 5.71. The van der Waals surface area contributed by atoms with Crippen LogP contribution in [0, 0.1) is 13.8 Å². The lowest BCUT2D eigenvalue weighted by molar-refractivity contribution is -0.108. The zero-order valence-corrected chi connectivity index (χ0v) is 19.3. The Morgan fingerprint density at radius 1 is 1.21 bits per heavy atom. The number of carbonyl (C=O) groups is 1. The minimum absolute atomic E-state index is 0.165. The third-order valence-corrected chi connectivity index (χ3v) is 5.71. The quantitative estimate of drug-likeness (QED) is 0.597. The van der Waals surface area contributed by atoms with Gasteiger partial charge in [0.2, 0.25) is 0 Å². The topological polar surface area (TPSA) is 109 Å². The summed E-state index contributed by atoms with van der Waals surface area (Å²) in [5.74, 6) is 1.43. The average molecular weight is 453 g/mol. The maximum Gasteiger partial charge on any atom is 0.420 e. The molecule has 33 heavy (non-hydrogen) atoms. The molecule has 9 nitrogen and oxygen atoms in total. The molecule has 3 heterocycles. The van der Waals surface area contributed by atoms with Crippen molar-refractivity contribution in [1.82, 2.24) is 14.7 Å². The van der Waals surface area contributed by atoms with E-state index < -0.39 is 24.1 Å². The van der Waals surface area contributed by atoms with E-state index in [0.29, 0.717) is 33.9 Å². The monoisotopic (exact) mass is 453 g/mol. The fraction of sp³-hybridized carbons (Fsp3) is 0.458. The minimum atomic E-state index is -1.14. The molecule has 1 fully saturated rings. The van der Waals surface area contributed by atoms with Crippen LogP contribution in [0.3, 0.4) is 0 Å². The van der Waals surface area contributed by atoms with E-state index in [4.69, 9.17) is 23.7 Å². The molecule has 1 saturated carbocycles. The number of benzene rings is 1. The minimum Gasteiger partial charge on any atom is -0.456 e. The summed E-state index contributed by atoms with van der Waals surface area (Å²) in [7, 11) is 0. The van der Waals surface area contributed by atoms with E-state index >= 15 is 0 Å². The highest BCUT2D eigenvalue weighted by Gasteiger charge is 2.36. The first-order valence-corrected chi connectivity index (χ1v) is 11.0. The Morgan fingerprint density at radius 3 is 2.48 bits per heavy atom. The van der Waals surface area contributed by atoms with E-state index in [1.54, 1.807) is 0 Å². The highest BCUT2D eigenvalue weighted by Crippen LogP contribution is 2.43. The van der Waals surface area contributed by atoms with Crippen LogP contribution in [0.1, 0.15) is 68.5 Å². The lowest BCUT2D eigenvalue weighted by Gasteiger charge is -2.21. The van der Waals surface area contributed by atoms with Gasteiger partial charge < -0.3 is 23.8 Å². The number of carbonyl (C=O) groups excluding carboxylic acids is 1. The van der Waals surface area contributed by atoms with Crippen LogP contribution in [0.2, 0.25) is 0 Å². The first-order chi connectivity index (χ1) is 15.6. The molecule has 0 amide bonds. The molecular weight excluding hydrogens is 426 g/mol. The van der Waals surface area contributed by atoms with Crippen molar-refractivity contribution in [3.05, 3.63) is 47.5 Å². The van der Waals surface area contributed by atoms with Crippen LogP contribution < -0.4 is 0 Å². The van der Waals surface area contributed by atoms with E-state index in [1.807, 2.05) is 46.8 Å². The second-order valence-electron chi connectivity index (χ2n) is 9.55. The first-order valence-electron chi connectivity index (χ1n) is 11.0. The third kappa shape index (κ3) is 3.86. The molecule has 0 bridgehead atoms. The van der Waals surface area contributed by atoms with Crippen LogP contribution in [0.25, 0.3) is 22.2 Å². The van der Waals surface area contributed by atoms with E-state index in [1.165, 1.54) is 17.1 Å². The molecule has 1 aliphatic carbocycles. The molecule has 1 aromatic carbocycles. The molecule has 3 aromatic rings. The normalized spacial score (nSPS) is 17.3. The molecule has 1 N–H and O–H groups in total. The predicted octanol–water partition coefficient (Wildman–Crippen LogP) is 4.85. The summed E-state index contributed by atoms with van der Waals surface area (Å²) in [4.78, 5) is 18.1. The SMILES string of the molecule is Cc1noc(C)c1-c1cc(C(O)C2OC=CO2)c2nc(C3CC3)n(C(=O)OC(C)(C)C)c2c1. The van der Waals surface area contributed by atoms with Gasteiger partial charge >= 0.3 is 6.09 Å². The average Bonchev–Trinajstić information content (AvgIpc) is 3.15. The molecule has 2 aromatic heterocycles. The zero-order valence-electron chi connectivity index (χ0n) is 19.3. The number of hydrogen-bond acceptors (Lipinski definition) is 8. The van der Waals surface area contributed by atoms with Gasteiger partial charge in [0.1, 0.15) is 29.7 Å². The fourth-order valence-electron chi connectivity index (χ4n) is 4.15. The van der Waals surface area contributed by atoms with Gasteiger partial charge in [-0.1, -0.05) is 5.16 Å². The Morgan fingerprint density at radius 2 is 1.91 bits per heavy atom. The molecule has 1 aliphatic heterocycles. The molecule has 0 saturated heterocycles. The van der Waals surface area contributed by atoms with Crippen LogP contribution in [-0.2, 0) is 14.2 Å². The Kier molecular flexibility index (Phi) is 4.97. The summed E-state index contributed by atoms with van der Waals surface area (Å²) in [5.41, 5.74) is 3.10. The highest BCUT2D eigenvalue weighted by atomic mass is 16.7. The largest absolute Gasteiger partial charge is 0.456 e. The first kappa shape index (κ1) is 21.5. The standard InChI is InChI=1S/C24H27N3O6/c1-12-18(13(2)33-26-12)15-10-16(20(28)22-30-8-9-31-22)19-17(11-15)27(21(25-19)14-6-7-14)23(29)32-24(3,4)5/h8-11,14,20,22,28H,6-7H2,1-5H3. The second kappa shape index (κ2) is 7.62. The van der Waals surface area contributed by atoms with Crippen molar-refractivity contribution in [1.29, 1.82) is 0 Å². The van der Waals surface area contributed by atoms with Gasteiger partial charge in [0.05, 0.1) is 16.7 Å². The van der Waals surface area contributed by atoms with Crippen molar-refractivity contribution in [3.63, 3.8) is 0 Å². The number of aliphatic hydroxyl groups is 1. The van der Waals surface area contributed by atoms with Crippen LogP contribution in [-0.4, -0.2) is 37.8 Å². The number of aromatic nitrogens is 3. The van der Waals surface area contributed by atoms with Crippen LogP contribution in [0.15, 0.2) is 29.2 Å². The lowest BCUT2D eigenvalue weighted by atomic mass is 9.97. The lowest BCUT2D eigenvalue weighted by Crippen LogP contribution is -2.28.